The van der Waals surface area contributed by atoms with Gasteiger partial charge in [-0.3, -0.25) is 0 Å². The number of anilines is 1. The normalized spacial score (nSPS) is 20.7. The molecule has 1 fully saturated rings. The van der Waals surface area contributed by atoms with Crippen LogP contribution < -0.4 is 5.73 Å². The van der Waals surface area contributed by atoms with Gasteiger partial charge in [0.15, 0.2) is 0 Å². The molecule has 3 aromatic rings. The van der Waals surface area contributed by atoms with E-state index in [-0.39, 0.29) is 0 Å². The van der Waals surface area contributed by atoms with Gasteiger partial charge in [-0.2, -0.15) is 4.98 Å². The molecule has 0 saturated heterocycles. The van der Waals surface area contributed by atoms with Crippen LogP contribution in [-0.2, 0) is 0 Å². The first-order valence-electron chi connectivity index (χ1n) is 7.90. The standard InChI is InChI=1S/C18H18N4O/c19-16-9-8-15(11-20-16)17-21-18(23-22-17)14-7-6-13(10-14)12-4-2-1-3-5-12/h1-5,8-9,11,13-14H,6-7,10H2,(H2,19,20)/t13-,14-/m1/s1. The lowest BCUT2D eigenvalue weighted by Crippen LogP contribution is -1.96. The van der Waals surface area contributed by atoms with Gasteiger partial charge < -0.3 is 10.3 Å². The molecule has 2 aromatic heterocycles. The van der Waals surface area contributed by atoms with E-state index in [0.717, 1.165) is 30.7 Å². The van der Waals surface area contributed by atoms with E-state index in [9.17, 15) is 0 Å². The Morgan fingerprint density at radius 2 is 1.83 bits per heavy atom. The van der Waals surface area contributed by atoms with Gasteiger partial charge in [0.05, 0.1) is 0 Å². The van der Waals surface area contributed by atoms with Crippen LogP contribution in [0.15, 0.2) is 53.2 Å². The fraction of sp³-hybridized carbons (Fsp3) is 0.278. The molecule has 4 rings (SSSR count). The molecular formula is C18H18N4O. The Morgan fingerprint density at radius 3 is 2.61 bits per heavy atom. The maximum atomic E-state index is 5.60. The zero-order valence-corrected chi connectivity index (χ0v) is 12.7. The number of nitrogen functional groups attached to an aromatic ring is 1. The number of hydrogen-bond donors (Lipinski definition) is 1. The number of nitrogens with zero attached hydrogens (tertiary/aromatic N) is 3. The minimum atomic E-state index is 0.336. The highest BCUT2D eigenvalue weighted by Gasteiger charge is 2.30. The van der Waals surface area contributed by atoms with E-state index < -0.39 is 0 Å². The van der Waals surface area contributed by atoms with Gasteiger partial charge in [0.25, 0.3) is 0 Å². The number of pyridine rings is 1. The van der Waals surface area contributed by atoms with Crippen LogP contribution in [0.4, 0.5) is 5.82 Å². The summed E-state index contributed by atoms with van der Waals surface area (Å²) in [5.41, 5.74) is 7.83. The minimum absolute atomic E-state index is 0.336. The van der Waals surface area contributed by atoms with Crippen molar-refractivity contribution in [3.05, 3.63) is 60.1 Å². The summed E-state index contributed by atoms with van der Waals surface area (Å²) in [4.78, 5) is 8.63. The van der Waals surface area contributed by atoms with Gasteiger partial charge in [-0.15, -0.1) is 0 Å². The van der Waals surface area contributed by atoms with Crippen molar-refractivity contribution in [3.63, 3.8) is 0 Å². The summed E-state index contributed by atoms with van der Waals surface area (Å²) in [5.74, 6) is 2.71. The second-order valence-corrected chi connectivity index (χ2v) is 6.05. The molecule has 0 spiro atoms. The first-order chi connectivity index (χ1) is 11.3. The fourth-order valence-electron chi connectivity index (χ4n) is 3.29. The molecule has 1 saturated carbocycles. The number of rotatable bonds is 3. The summed E-state index contributed by atoms with van der Waals surface area (Å²) >= 11 is 0. The molecule has 2 atom stereocenters. The lowest BCUT2D eigenvalue weighted by atomic mass is 9.96. The SMILES string of the molecule is Nc1ccc(-c2noc([C@@H]3CC[C@@H](c4ccccc4)C3)n2)cn1. The van der Waals surface area contributed by atoms with Crippen molar-refractivity contribution in [3.8, 4) is 11.4 Å². The number of aromatic nitrogens is 3. The highest BCUT2D eigenvalue weighted by Crippen LogP contribution is 2.43. The van der Waals surface area contributed by atoms with Crippen LogP contribution in [0.5, 0.6) is 0 Å². The average Bonchev–Trinajstić information content (AvgIpc) is 3.26. The van der Waals surface area contributed by atoms with Crippen LogP contribution in [0, 0.1) is 0 Å². The van der Waals surface area contributed by atoms with Crippen molar-refractivity contribution in [2.75, 3.05) is 5.73 Å². The third-order valence-corrected chi connectivity index (χ3v) is 4.54. The third kappa shape index (κ3) is 2.82. The molecule has 23 heavy (non-hydrogen) atoms. The molecule has 0 bridgehead atoms. The maximum Gasteiger partial charge on any atom is 0.230 e. The molecule has 1 aromatic carbocycles. The van der Waals surface area contributed by atoms with Crippen LogP contribution in [0.25, 0.3) is 11.4 Å². The lowest BCUT2D eigenvalue weighted by Gasteiger charge is -2.09. The van der Waals surface area contributed by atoms with E-state index in [2.05, 4.69) is 45.5 Å². The Balaban J connectivity index is 1.51. The largest absolute Gasteiger partial charge is 0.384 e. The maximum absolute atomic E-state index is 5.60. The summed E-state index contributed by atoms with van der Waals surface area (Å²) < 4.78 is 5.50. The summed E-state index contributed by atoms with van der Waals surface area (Å²) in [5, 5.41) is 4.09. The van der Waals surface area contributed by atoms with Crippen molar-refractivity contribution in [2.24, 2.45) is 0 Å². The number of nitrogens with two attached hydrogens (primary N) is 1. The predicted molar refractivity (Wildman–Crippen MR) is 87.7 cm³/mol. The summed E-state index contributed by atoms with van der Waals surface area (Å²) in [6.07, 6.45) is 4.98. The van der Waals surface area contributed by atoms with Gasteiger partial charge >= 0.3 is 0 Å². The van der Waals surface area contributed by atoms with E-state index >= 15 is 0 Å². The van der Waals surface area contributed by atoms with E-state index in [1.165, 1.54) is 5.56 Å². The molecule has 2 heterocycles. The Bertz CT molecular complexity index is 782. The zero-order chi connectivity index (χ0) is 15.6. The van der Waals surface area contributed by atoms with Gasteiger partial charge in [0, 0.05) is 17.7 Å². The highest BCUT2D eigenvalue weighted by atomic mass is 16.5. The van der Waals surface area contributed by atoms with Gasteiger partial charge in [-0.25, -0.2) is 4.98 Å². The molecule has 0 unspecified atom stereocenters. The molecule has 0 amide bonds. The molecule has 5 heteroatoms. The molecule has 116 valence electrons. The summed E-state index contributed by atoms with van der Waals surface area (Å²) in [7, 11) is 0. The van der Waals surface area contributed by atoms with Gasteiger partial charge in [0.1, 0.15) is 5.82 Å². The molecule has 1 aliphatic rings. The van der Waals surface area contributed by atoms with Crippen LogP contribution in [0.2, 0.25) is 0 Å². The summed E-state index contributed by atoms with van der Waals surface area (Å²) in [6, 6.07) is 14.3. The molecule has 0 radical (unpaired) electrons. The quantitative estimate of drug-likeness (QED) is 0.797. The average molecular weight is 306 g/mol. The summed E-state index contributed by atoms with van der Waals surface area (Å²) in [6.45, 7) is 0. The van der Waals surface area contributed by atoms with Crippen molar-refractivity contribution in [1.82, 2.24) is 15.1 Å². The Morgan fingerprint density at radius 1 is 1.00 bits per heavy atom. The Hall–Kier alpha value is -2.69. The monoisotopic (exact) mass is 306 g/mol. The predicted octanol–water partition coefficient (Wildman–Crippen LogP) is 3.77. The Kier molecular flexibility index (Phi) is 3.54. The first kappa shape index (κ1) is 13.9. The highest BCUT2D eigenvalue weighted by molar-refractivity contribution is 5.54. The second-order valence-electron chi connectivity index (χ2n) is 6.05. The fourth-order valence-corrected chi connectivity index (χ4v) is 3.29. The van der Waals surface area contributed by atoms with E-state index in [0.29, 0.717) is 23.5 Å². The third-order valence-electron chi connectivity index (χ3n) is 4.54. The molecular weight excluding hydrogens is 288 g/mol. The lowest BCUT2D eigenvalue weighted by molar-refractivity contribution is 0.353. The van der Waals surface area contributed by atoms with Gasteiger partial charge in [-0.05, 0) is 42.9 Å². The number of hydrogen-bond acceptors (Lipinski definition) is 5. The Labute approximate surface area is 134 Å². The van der Waals surface area contributed by atoms with Crippen molar-refractivity contribution < 1.29 is 4.52 Å². The van der Waals surface area contributed by atoms with E-state index in [1.807, 2.05) is 6.07 Å². The van der Waals surface area contributed by atoms with Crippen molar-refractivity contribution >= 4 is 5.82 Å². The number of benzene rings is 1. The van der Waals surface area contributed by atoms with E-state index in [4.69, 9.17) is 10.3 Å². The molecule has 1 aliphatic carbocycles. The minimum Gasteiger partial charge on any atom is -0.384 e. The van der Waals surface area contributed by atoms with E-state index in [1.54, 1.807) is 12.3 Å². The molecule has 0 aliphatic heterocycles. The molecule has 5 nitrogen and oxygen atoms in total. The van der Waals surface area contributed by atoms with Crippen molar-refractivity contribution in [1.29, 1.82) is 0 Å². The van der Waals surface area contributed by atoms with Crippen LogP contribution in [0.3, 0.4) is 0 Å². The van der Waals surface area contributed by atoms with Gasteiger partial charge in [0.2, 0.25) is 11.7 Å². The van der Waals surface area contributed by atoms with Crippen molar-refractivity contribution in [2.45, 2.75) is 31.1 Å². The topological polar surface area (TPSA) is 77.8 Å². The second kappa shape index (κ2) is 5.83. The smallest absolute Gasteiger partial charge is 0.230 e. The van der Waals surface area contributed by atoms with Crippen LogP contribution in [-0.4, -0.2) is 15.1 Å². The van der Waals surface area contributed by atoms with Gasteiger partial charge in [-0.1, -0.05) is 35.5 Å². The first-order valence-corrected chi connectivity index (χ1v) is 7.90. The molecule has 2 N–H and O–H groups in total. The zero-order valence-electron chi connectivity index (χ0n) is 12.7. The van der Waals surface area contributed by atoms with Crippen LogP contribution in [0.1, 0.15) is 42.6 Å². The van der Waals surface area contributed by atoms with Crippen LogP contribution >= 0.6 is 0 Å².